The topological polar surface area (TPSA) is 69.0 Å². The Morgan fingerprint density at radius 2 is 2.30 bits per heavy atom. The molecule has 0 saturated heterocycles. The molecule has 2 heterocycles. The van der Waals surface area contributed by atoms with Gasteiger partial charge in [-0.05, 0) is 28.9 Å². The first-order valence-electron chi connectivity index (χ1n) is 6.14. The molecule has 0 radical (unpaired) electrons. The van der Waals surface area contributed by atoms with Crippen LogP contribution in [0, 0.1) is 0 Å². The van der Waals surface area contributed by atoms with Crippen LogP contribution in [0.2, 0.25) is 0 Å². The maximum atomic E-state index is 11.9. The lowest BCUT2D eigenvalue weighted by Gasteiger charge is -2.11. The van der Waals surface area contributed by atoms with Crippen LogP contribution in [0.25, 0.3) is 0 Å². The molecule has 106 valence electrons. The first-order valence-corrected chi connectivity index (χ1v) is 6.94. The first-order chi connectivity index (χ1) is 9.67. The van der Waals surface area contributed by atoms with E-state index < -0.39 is 0 Å². The zero-order valence-electron chi connectivity index (χ0n) is 11.3. The molecular formula is C13H15BrN4O2. The van der Waals surface area contributed by atoms with Gasteiger partial charge < -0.3 is 10.1 Å². The number of ether oxygens (including phenoxy) is 1. The average Bonchev–Trinajstić information content (AvgIpc) is 2.49. The molecule has 1 N–H and O–H groups in total. The van der Waals surface area contributed by atoms with Gasteiger partial charge in [0.25, 0.3) is 5.56 Å². The second kappa shape index (κ2) is 6.51. The number of nitrogens with zero attached hydrogens (tertiary/aromatic N) is 3. The molecule has 0 aromatic carbocycles. The fourth-order valence-corrected chi connectivity index (χ4v) is 2.19. The minimum atomic E-state index is -0.157. The summed E-state index contributed by atoms with van der Waals surface area (Å²) in [4.78, 5) is 16.1. The Bertz CT molecular complexity index is 657. The Morgan fingerprint density at radius 1 is 1.50 bits per heavy atom. The van der Waals surface area contributed by atoms with E-state index in [1.54, 1.807) is 19.5 Å². The number of methoxy groups -OCH3 is 1. The van der Waals surface area contributed by atoms with E-state index in [0.29, 0.717) is 29.1 Å². The molecule has 2 aromatic rings. The molecule has 20 heavy (non-hydrogen) atoms. The number of aryl methyl sites for hydroxylation is 1. The minimum absolute atomic E-state index is 0.157. The highest BCUT2D eigenvalue weighted by Crippen LogP contribution is 2.19. The fraction of sp³-hybridized carbons (Fsp3) is 0.308. The van der Waals surface area contributed by atoms with Crippen LogP contribution in [-0.4, -0.2) is 21.9 Å². The SMILES string of the molecule is CCn1ncc(NCc2cccnc2OC)c(Br)c1=O. The number of aromatic nitrogens is 3. The third-order valence-corrected chi connectivity index (χ3v) is 3.56. The van der Waals surface area contributed by atoms with Crippen LogP contribution in [-0.2, 0) is 13.1 Å². The summed E-state index contributed by atoms with van der Waals surface area (Å²) in [5, 5.41) is 7.23. The quantitative estimate of drug-likeness (QED) is 0.903. The summed E-state index contributed by atoms with van der Waals surface area (Å²) >= 11 is 3.30. The van der Waals surface area contributed by atoms with Crippen LogP contribution >= 0.6 is 15.9 Å². The van der Waals surface area contributed by atoms with Gasteiger partial charge in [0.2, 0.25) is 5.88 Å². The monoisotopic (exact) mass is 338 g/mol. The van der Waals surface area contributed by atoms with Gasteiger partial charge in [-0.1, -0.05) is 6.07 Å². The lowest BCUT2D eigenvalue weighted by atomic mass is 10.2. The van der Waals surface area contributed by atoms with E-state index in [4.69, 9.17) is 4.74 Å². The summed E-state index contributed by atoms with van der Waals surface area (Å²) in [5.74, 6) is 0.561. The highest BCUT2D eigenvalue weighted by atomic mass is 79.9. The summed E-state index contributed by atoms with van der Waals surface area (Å²) in [6.45, 7) is 2.90. The van der Waals surface area contributed by atoms with Crippen LogP contribution in [0.3, 0.4) is 0 Å². The number of rotatable bonds is 5. The molecule has 0 aliphatic heterocycles. The summed E-state index contributed by atoms with van der Waals surface area (Å²) in [6, 6.07) is 3.75. The second-order valence-corrected chi connectivity index (χ2v) is 4.81. The third-order valence-electron chi connectivity index (χ3n) is 2.80. The Morgan fingerprint density at radius 3 is 3.00 bits per heavy atom. The van der Waals surface area contributed by atoms with Gasteiger partial charge in [-0.2, -0.15) is 5.10 Å². The first kappa shape index (κ1) is 14.5. The maximum absolute atomic E-state index is 11.9. The van der Waals surface area contributed by atoms with E-state index in [9.17, 15) is 4.79 Å². The smallest absolute Gasteiger partial charge is 0.283 e. The zero-order valence-corrected chi connectivity index (χ0v) is 12.8. The summed E-state index contributed by atoms with van der Waals surface area (Å²) in [5.41, 5.74) is 1.39. The van der Waals surface area contributed by atoms with Crippen LogP contribution in [0.15, 0.2) is 33.8 Å². The average molecular weight is 339 g/mol. The molecular weight excluding hydrogens is 324 g/mol. The lowest BCUT2D eigenvalue weighted by Crippen LogP contribution is -2.23. The molecule has 0 aliphatic carbocycles. The molecule has 6 nitrogen and oxygen atoms in total. The number of nitrogens with one attached hydrogen (secondary N) is 1. The summed E-state index contributed by atoms with van der Waals surface area (Å²) < 4.78 is 7.04. The second-order valence-electron chi connectivity index (χ2n) is 4.02. The Labute approximate surface area is 124 Å². The third kappa shape index (κ3) is 2.98. The van der Waals surface area contributed by atoms with Crippen LogP contribution in [0.4, 0.5) is 5.69 Å². The van der Waals surface area contributed by atoms with Gasteiger partial charge >= 0.3 is 0 Å². The van der Waals surface area contributed by atoms with Crippen molar-refractivity contribution in [3.8, 4) is 5.88 Å². The van der Waals surface area contributed by atoms with Crippen molar-refractivity contribution in [1.29, 1.82) is 0 Å². The number of hydrogen-bond acceptors (Lipinski definition) is 5. The van der Waals surface area contributed by atoms with Crippen molar-refractivity contribution < 1.29 is 4.74 Å². The van der Waals surface area contributed by atoms with Gasteiger partial charge in [0, 0.05) is 24.8 Å². The van der Waals surface area contributed by atoms with E-state index >= 15 is 0 Å². The van der Waals surface area contributed by atoms with E-state index in [2.05, 4.69) is 31.3 Å². The van der Waals surface area contributed by atoms with E-state index in [-0.39, 0.29) is 5.56 Å². The summed E-state index contributed by atoms with van der Waals surface area (Å²) in [7, 11) is 1.58. The predicted molar refractivity (Wildman–Crippen MR) is 80.0 cm³/mol. The van der Waals surface area contributed by atoms with Gasteiger partial charge in [-0.15, -0.1) is 0 Å². The molecule has 0 atom stereocenters. The van der Waals surface area contributed by atoms with Crippen molar-refractivity contribution in [1.82, 2.24) is 14.8 Å². The molecule has 0 bridgehead atoms. The van der Waals surface area contributed by atoms with Crippen LogP contribution in [0.5, 0.6) is 5.88 Å². The van der Waals surface area contributed by atoms with E-state index in [1.165, 1.54) is 4.68 Å². The molecule has 0 aliphatic rings. The molecule has 0 saturated carbocycles. The fourth-order valence-electron chi connectivity index (χ4n) is 1.75. The van der Waals surface area contributed by atoms with E-state index in [0.717, 1.165) is 5.56 Å². The number of anilines is 1. The van der Waals surface area contributed by atoms with Crippen molar-refractivity contribution in [2.75, 3.05) is 12.4 Å². The normalized spacial score (nSPS) is 10.3. The Balaban J connectivity index is 2.19. The van der Waals surface area contributed by atoms with Gasteiger partial charge in [0.05, 0.1) is 19.0 Å². The van der Waals surface area contributed by atoms with Crippen molar-refractivity contribution in [3.05, 3.63) is 44.9 Å². The van der Waals surface area contributed by atoms with Crippen molar-refractivity contribution in [2.45, 2.75) is 20.0 Å². The summed E-state index contributed by atoms with van der Waals surface area (Å²) in [6.07, 6.45) is 3.29. The van der Waals surface area contributed by atoms with Crippen molar-refractivity contribution in [2.24, 2.45) is 0 Å². The van der Waals surface area contributed by atoms with Gasteiger partial charge in [0.15, 0.2) is 0 Å². The molecule has 0 spiro atoms. The van der Waals surface area contributed by atoms with Crippen molar-refractivity contribution in [3.63, 3.8) is 0 Å². The van der Waals surface area contributed by atoms with Crippen LogP contribution < -0.4 is 15.6 Å². The van der Waals surface area contributed by atoms with Gasteiger partial charge in [-0.25, -0.2) is 9.67 Å². The van der Waals surface area contributed by atoms with Gasteiger partial charge in [-0.3, -0.25) is 4.79 Å². The molecule has 2 aromatic heterocycles. The predicted octanol–water partition coefficient (Wildman–Crippen LogP) is 2.04. The van der Waals surface area contributed by atoms with Gasteiger partial charge in [0.1, 0.15) is 4.47 Å². The molecule has 2 rings (SSSR count). The largest absolute Gasteiger partial charge is 0.481 e. The van der Waals surface area contributed by atoms with Crippen molar-refractivity contribution >= 4 is 21.6 Å². The number of halogens is 1. The zero-order chi connectivity index (χ0) is 14.5. The molecule has 0 unspecified atom stereocenters. The lowest BCUT2D eigenvalue weighted by molar-refractivity contribution is 0.393. The highest BCUT2D eigenvalue weighted by Gasteiger charge is 2.09. The highest BCUT2D eigenvalue weighted by molar-refractivity contribution is 9.10. The molecule has 7 heteroatoms. The Kier molecular flexibility index (Phi) is 4.73. The number of hydrogen-bond donors (Lipinski definition) is 1. The maximum Gasteiger partial charge on any atom is 0.283 e. The van der Waals surface area contributed by atoms with Crippen LogP contribution in [0.1, 0.15) is 12.5 Å². The standard InChI is InChI=1S/C13H15BrN4O2/c1-3-18-13(19)11(14)10(8-17-18)16-7-9-5-4-6-15-12(9)20-2/h4-6,8,16H,3,7H2,1-2H3. The Hall–Kier alpha value is -1.89. The molecule has 0 fully saturated rings. The van der Waals surface area contributed by atoms with E-state index in [1.807, 2.05) is 19.1 Å². The number of pyridine rings is 1. The molecule has 0 amide bonds. The minimum Gasteiger partial charge on any atom is -0.481 e.